The average molecular weight is 339 g/mol. The quantitative estimate of drug-likeness (QED) is 0.605. The highest BCUT2D eigenvalue weighted by Crippen LogP contribution is 2.17. The van der Waals surface area contributed by atoms with Crippen molar-refractivity contribution in [1.82, 2.24) is 15.3 Å². The standard InChI is InChI=1S/C22H17N3O/c26-22(19-8-9-20-18(14-19)7-4-11-23-20)25-15-16-10-12-24-21(13-16)17-5-2-1-3-6-17/h1-14H,15H2,(H,25,26). The third-order valence-corrected chi connectivity index (χ3v) is 4.21. The normalized spacial score (nSPS) is 10.6. The third kappa shape index (κ3) is 3.44. The van der Waals surface area contributed by atoms with E-state index in [2.05, 4.69) is 15.3 Å². The van der Waals surface area contributed by atoms with Crippen LogP contribution in [0.25, 0.3) is 22.2 Å². The molecule has 2 heterocycles. The second kappa shape index (κ2) is 7.15. The van der Waals surface area contributed by atoms with Gasteiger partial charge in [-0.05, 0) is 42.0 Å². The molecule has 4 aromatic rings. The Hall–Kier alpha value is -3.53. The summed E-state index contributed by atoms with van der Waals surface area (Å²) in [5, 5.41) is 3.93. The first kappa shape index (κ1) is 16.0. The number of aromatic nitrogens is 2. The van der Waals surface area contributed by atoms with Gasteiger partial charge in [0.2, 0.25) is 0 Å². The Morgan fingerprint density at radius 1 is 0.846 bits per heavy atom. The van der Waals surface area contributed by atoms with Crippen molar-refractivity contribution in [3.8, 4) is 11.3 Å². The van der Waals surface area contributed by atoms with Crippen molar-refractivity contribution in [1.29, 1.82) is 0 Å². The monoisotopic (exact) mass is 339 g/mol. The summed E-state index contributed by atoms with van der Waals surface area (Å²) in [7, 11) is 0. The first-order chi connectivity index (χ1) is 12.8. The van der Waals surface area contributed by atoms with Gasteiger partial charge in [0.1, 0.15) is 0 Å². The van der Waals surface area contributed by atoms with Gasteiger partial charge in [0.25, 0.3) is 5.91 Å². The minimum Gasteiger partial charge on any atom is -0.348 e. The van der Waals surface area contributed by atoms with Gasteiger partial charge in [-0.15, -0.1) is 0 Å². The number of carbonyl (C=O) groups is 1. The summed E-state index contributed by atoms with van der Waals surface area (Å²) >= 11 is 0. The number of fused-ring (bicyclic) bond motifs is 1. The smallest absolute Gasteiger partial charge is 0.251 e. The van der Waals surface area contributed by atoms with Crippen LogP contribution < -0.4 is 5.32 Å². The van der Waals surface area contributed by atoms with Crippen molar-refractivity contribution >= 4 is 16.8 Å². The van der Waals surface area contributed by atoms with Crippen LogP contribution in [-0.2, 0) is 6.54 Å². The molecule has 26 heavy (non-hydrogen) atoms. The minimum absolute atomic E-state index is 0.103. The van der Waals surface area contributed by atoms with Crippen molar-refractivity contribution in [2.45, 2.75) is 6.54 Å². The highest BCUT2D eigenvalue weighted by atomic mass is 16.1. The maximum Gasteiger partial charge on any atom is 0.251 e. The zero-order valence-corrected chi connectivity index (χ0v) is 14.1. The molecule has 0 aliphatic heterocycles. The van der Waals surface area contributed by atoms with Crippen LogP contribution >= 0.6 is 0 Å². The predicted molar refractivity (Wildman–Crippen MR) is 103 cm³/mol. The van der Waals surface area contributed by atoms with E-state index in [9.17, 15) is 4.79 Å². The molecule has 0 bridgehead atoms. The summed E-state index contributed by atoms with van der Waals surface area (Å²) in [5.74, 6) is -0.103. The molecule has 2 aromatic carbocycles. The van der Waals surface area contributed by atoms with Gasteiger partial charge in [-0.1, -0.05) is 36.4 Å². The van der Waals surface area contributed by atoms with Crippen LogP contribution in [0.1, 0.15) is 15.9 Å². The Balaban J connectivity index is 1.49. The Kier molecular flexibility index (Phi) is 4.39. The minimum atomic E-state index is -0.103. The fraction of sp³-hybridized carbons (Fsp3) is 0.0455. The van der Waals surface area contributed by atoms with Crippen LogP contribution in [0, 0.1) is 0 Å². The van der Waals surface area contributed by atoms with E-state index in [1.54, 1.807) is 18.5 Å². The highest BCUT2D eigenvalue weighted by molar-refractivity contribution is 5.97. The Morgan fingerprint density at radius 3 is 2.62 bits per heavy atom. The number of nitrogens with zero attached hydrogens (tertiary/aromatic N) is 2. The molecule has 126 valence electrons. The Bertz CT molecular complexity index is 1060. The second-order valence-electron chi connectivity index (χ2n) is 6.01. The van der Waals surface area contributed by atoms with Gasteiger partial charge in [-0.3, -0.25) is 14.8 Å². The molecule has 0 aliphatic carbocycles. The van der Waals surface area contributed by atoms with Crippen LogP contribution in [0.5, 0.6) is 0 Å². The largest absolute Gasteiger partial charge is 0.348 e. The lowest BCUT2D eigenvalue weighted by Gasteiger charge is -2.08. The van der Waals surface area contributed by atoms with Crippen LogP contribution in [0.15, 0.2) is 85.2 Å². The van der Waals surface area contributed by atoms with Gasteiger partial charge < -0.3 is 5.32 Å². The molecule has 0 aliphatic rings. The van der Waals surface area contributed by atoms with Gasteiger partial charge in [-0.2, -0.15) is 0 Å². The number of pyridine rings is 2. The maximum absolute atomic E-state index is 12.5. The van der Waals surface area contributed by atoms with Crippen LogP contribution in [0.3, 0.4) is 0 Å². The zero-order valence-electron chi connectivity index (χ0n) is 14.1. The molecule has 4 heteroatoms. The van der Waals surface area contributed by atoms with Crippen molar-refractivity contribution in [3.63, 3.8) is 0 Å². The van der Waals surface area contributed by atoms with Gasteiger partial charge in [-0.25, -0.2) is 0 Å². The lowest BCUT2D eigenvalue weighted by molar-refractivity contribution is 0.0951. The number of nitrogens with one attached hydrogen (secondary N) is 1. The van der Waals surface area contributed by atoms with Crippen molar-refractivity contribution < 1.29 is 4.79 Å². The molecule has 1 N–H and O–H groups in total. The van der Waals surface area contributed by atoms with E-state index in [0.29, 0.717) is 12.1 Å². The zero-order chi connectivity index (χ0) is 17.8. The number of hydrogen-bond donors (Lipinski definition) is 1. The molecule has 0 spiro atoms. The lowest BCUT2D eigenvalue weighted by Crippen LogP contribution is -2.22. The molecule has 0 saturated carbocycles. The third-order valence-electron chi connectivity index (χ3n) is 4.21. The summed E-state index contributed by atoms with van der Waals surface area (Å²) in [6, 6.07) is 23.3. The number of rotatable bonds is 4. The van der Waals surface area contributed by atoms with Crippen LogP contribution in [0.4, 0.5) is 0 Å². The molecule has 1 amide bonds. The fourth-order valence-corrected chi connectivity index (χ4v) is 2.85. The van der Waals surface area contributed by atoms with Gasteiger partial charge in [0.15, 0.2) is 0 Å². The van der Waals surface area contributed by atoms with Gasteiger partial charge >= 0.3 is 0 Å². The summed E-state index contributed by atoms with van der Waals surface area (Å²) in [5.41, 5.74) is 4.47. The molecule has 4 nitrogen and oxygen atoms in total. The number of carbonyl (C=O) groups excluding carboxylic acids is 1. The number of amides is 1. The van der Waals surface area contributed by atoms with E-state index in [0.717, 1.165) is 27.7 Å². The molecular formula is C22H17N3O. The molecule has 0 fully saturated rings. The van der Waals surface area contributed by atoms with Crippen molar-refractivity contribution in [2.24, 2.45) is 0 Å². The second-order valence-corrected chi connectivity index (χ2v) is 6.01. The molecule has 0 unspecified atom stereocenters. The summed E-state index contributed by atoms with van der Waals surface area (Å²) < 4.78 is 0. The van der Waals surface area contributed by atoms with E-state index in [4.69, 9.17) is 0 Å². The molecule has 4 rings (SSSR count). The van der Waals surface area contributed by atoms with E-state index in [1.807, 2.05) is 66.7 Å². The van der Waals surface area contributed by atoms with E-state index < -0.39 is 0 Å². The first-order valence-corrected chi connectivity index (χ1v) is 8.43. The van der Waals surface area contributed by atoms with Crippen molar-refractivity contribution in [3.05, 3.63) is 96.3 Å². The Labute approximate surface area is 151 Å². The summed E-state index contributed by atoms with van der Waals surface area (Å²) in [6.07, 6.45) is 3.52. The van der Waals surface area contributed by atoms with E-state index >= 15 is 0 Å². The van der Waals surface area contributed by atoms with Crippen LogP contribution in [-0.4, -0.2) is 15.9 Å². The SMILES string of the molecule is O=C(NCc1ccnc(-c2ccccc2)c1)c1ccc2ncccc2c1. The van der Waals surface area contributed by atoms with Gasteiger partial charge in [0, 0.05) is 35.5 Å². The lowest BCUT2D eigenvalue weighted by atomic mass is 10.1. The Morgan fingerprint density at radius 2 is 1.73 bits per heavy atom. The summed E-state index contributed by atoms with van der Waals surface area (Å²) in [6.45, 7) is 0.451. The van der Waals surface area contributed by atoms with E-state index in [-0.39, 0.29) is 5.91 Å². The van der Waals surface area contributed by atoms with Crippen LogP contribution in [0.2, 0.25) is 0 Å². The molecule has 0 radical (unpaired) electrons. The summed E-state index contributed by atoms with van der Waals surface area (Å²) in [4.78, 5) is 21.2. The van der Waals surface area contributed by atoms with Crippen molar-refractivity contribution in [2.75, 3.05) is 0 Å². The molecule has 2 aromatic heterocycles. The topological polar surface area (TPSA) is 54.9 Å². The first-order valence-electron chi connectivity index (χ1n) is 8.43. The average Bonchev–Trinajstić information content (AvgIpc) is 2.72. The molecule has 0 atom stereocenters. The number of hydrogen-bond acceptors (Lipinski definition) is 3. The van der Waals surface area contributed by atoms with Gasteiger partial charge in [0.05, 0.1) is 11.2 Å². The highest BCUT2D eigenvalue weighted by Gasteiger charge is 2.07. The van der Waals surface area contributed by atoms with E-state index in [1.165, 1.54) is 0 Å². The molecular weight excluding hydrogens is 322 g/mol. The maximum atomic E-state index is 12.5. The number of benzene rings is 2. The fourth-order valence-electron chi connectivity index (χ4n) is 2.85. The molecule has 0 saturated heterocycles. The predicted octanol–water partition coefficient (Wildman–Crippen LogP) is 4.23.